The summed E-state index contributed by atoms with van der Waals surface area (Å²) in [6.45, 7) is 2.08. The van der Waals surface area contributed by atoms with Gasteiger partial charge in [-0.25, -0.2) is 0 Å². The Kier molecular flexibility index (Phi) is 0.976. The smallest absolute Gasteiger partial charge is 0.0693 e. The van der Waals surface area contributed by atoms with E-state index in [4.69, 9.17) is 5.26 Å². The molecule has 0 spiro atoms. The van der Waals surface area contributed by atoms with Gasteiger partial charge in [0.2, 0.25) is 0 Å². The van der Waals surface area contributed by atoms with Crippen LogP contribution in [0.4, 0.5) is 0 Å². The van der Waals surface area contributed by atoms with Crippen molar-refractivity contribution in [1.82, 2.24) is 0 Å². The van der Waals surface area contributed by atoms with Gasteiger partial charge in [-0.1, -0.05) is 12.2 Å². The van der Waals surface area contributed by atoms with Gasteiger partial charge in [-0.3, -0.25) is 0 Å². The molecule has 0 unspecified atom stereocenters. The molecule has 0 aromatic heterocycles. The van der Waals surface area contributed by atoms with Gasteiger partial charge in [-0.2, -0.15) is 5.26 Å². The minimum Gasteiger partial charge on any atom is -0.198 e. The molecule has 0 aromatic carbocycles. The van der Waals surface area contributed by atoms with Crippen molar-refractivity contribution in [3.8, 4) is 6.07 Å². The lowest BCUT2D eigenvalue weighted by atomic mass is 9.79. The number of nitrogens with zero attached hydrogens (tertiary/aromatic N) is 1. The third-order valence-electron chi connectivity index (χ3n) is 2.93. The van der Waals surface area contributed by atoms with E-state index in [0.29, 0.717) is 5.92 Å². The lowest BCUT2D eigenvalue weighted by Gasteiger charge is -2.22. The van der Waals surface area contributed by atoms with Crippen molar-refractivity contribution in [2.75, 3.05) is 0 Å². The topological polar surface area (TPSA) is 23.8 Å². The molecule has 52 valence electrons. The first-order valence-corrected chi connectivity index (χ1v) is 3.84. The zero-order valence-corrected chi connectivity index (χ0v) is 6.17. The summed E-state index contributed by atoms with van der Waals surface area (Å²) in [4.78, 5) is 0. The van der Waals surface area contributed by atoms with Crippen LogP contribution in [-0.2, 0) is 0 Å². The maximum absolute atomic E-state index is 8.86. The fourth-order valence-corrected chi connectivity index (χ4v) is 2.22. The van der Waals surface area contributed by atoms with Crippen molar-refractivity contribution < 1.29 is 0 Å². The number of allylic oxidation sites excluding steroid dienone is 2. The SMILES string of the molecule is C[C@]1(C#N)C[C@H]2C=C[C@H]1C2. The molecule has 0 aliphatic heterocycles. The summed E-state index contributed by atoms with van der Waals surface area (Å²) in [5.74, 6) is 1.28. The Labute approximate surface area is 61.4 Å². The molecular formula is C9H11N. The molecule has 1 saturated carbocycles. The molecule has 2 bridgehead atoms. The van der Waals surface area contributed by atoms with Crippen LogP contribution in [0.2, 0.25) is 0 Å². The Bertz CT molecular complexity index is 223. The van der Waals surface area contributed by atoms with Gasteiger partial charge in [0.25, 0.3) is 0 Å². The highest BCUT2D eigenvalue weighted by Crippen LogP contribution is 2.51. The first-order valence-electron chi connectivity index (χ1n) is 3.84. The van der Waals surface area contributed by atoms with Crippen LogP contribution in [0.1, 0.15) is 19.8 Å². The van der Waals surface area contributed by atoms with E-state index in [-0.39, 0.29) is 5.41 Å². The van der Waals surface area contributed by atoms with Crippen LogP contribution in [-0.4, -0.2) is 0 Å². The molecule has 2 rings (SSSR count). The predicted molar refractivity (Wildman–Crippen MR) is 39.1 cm³/mol. The van der Waals surface area contributed by atoms with Crippen molar-refractivity contribution in [2.45, 2.75) is 19.8 Å². The van der Waals surface area contributed by atoms with E-state index in [0.717, 1.165) is 12.3 Å². The van der Waals surface area contributed by atoms with E-state index in [9.17, 15) is 0 Å². The highest BCUT2D eigenvalue weighted by molar-refractivity contribution is 5.20. The minimum atomic E-state index is -0.0284. The van der Waals surface area contributed by atoms with Crippen LogP contribution in [0.25, 0.3) is 0 Å². The molecule has 2 aliphatic rings. The zero-order valence-electron chi connectivity index (χ0n) is 6.17. The largest absolute Gasteiger partial charge is 0.198 e. The van der Waals surface area contributed by atoms with Crippen LogP contribution >= 0.6 is 0 Å². The van der Waals surface area contributed by atoms with Gasteiger partial charge in [0.05, 0.1) is 11.5 Å². The number of fused-ring (bicyclic) bond motifs is 2. The third-order valence-corrected chi connectivity index (χ3v) is 2.93. The minimum absolute atomic E-state index is 0.0284. The molecule has 0 radical (unpaired) electrons. The maximum atomic E-state index is 8.86. The highest BCUT2D eigenvalue weighted by Gasteiger charge is 2.45. The molecule has 10 heavy (non-hydrogen) atoms. The van der Waals surface area contributed by atoms with Gasteiger partial charge in [0.15, 0.2) is 0 Å². The molecule has 2 aliphatic carbocycles. The molecule has 0 N–H and O–H groups in total. The van der Waals surface area contributed by atoms with Crippen LogP contribution in [0, 0.1) is 28.6 Å². The van der Waals surface area contributed by atoms with E-state index in [2.05, 4.69) is 25.1 Å². The zero-order chi connectivity index (χ0) is 7.19. The summed E-state index contributed by atoms with van der Waals surface area (Å²) in [6, 6.07) is 2.42. The fourth-order valence-electron chi connectivity index (χ4n) is 2.22. The predicted octanol–water partition coefficient (Wildman–Crippen LogP) is 2.11. The molecule has 3 atom stereocenters. The Morgan fingerprint density at radius 3 is 2.70 bits per heavy atom. The summed E-state index contributed by atoms with van der Waals surface area (Å²) in [5.41, 5.74) is -0.0284. The number of nitriles is 1. The van der Waals surface area contributed by atoms with E-state index in [1.807, 2.05) is 0 Å². The molecule has 1 heteroatoms. The molecule has 0 heterocycles. The standard InChI is InChI=1S/C9H11N/c1-9(6-10)5-7-2-3-8(9)4-7/h2-3,7-8H,4-5H2,1H3/t7-,8-,9+/m0/s1. The van der Waals surface area contributed by atoms with Gasteiger partial charge in [0.1, 0.15) is 0 Å². The Morgan fingerprint density at radius 2 is 2.40 bits per heavy atom. The summed E-state index contributed by atoms with van der Waals surface area (Å²) in [7, 11) is 0. The van der Waals surface area contributed by atoms with Crippen molar-refractivity contribution in [3.63, 3.8) is 0 Å². The third kappa shape index (κ3) is 0.568. The van der Waals surface area contributed by atoms with E-state index in [1.54, 1.807) is 0 Å². The van der Waals surface area contributed by atoms with E-state index >= 15 is 0 Å². The van der Waals surface area contributed by atoms with Crippen molar-refractivity contribution >= 4 is 0 Å². The molecule has 0 aromatic rings. The second kappa shape index (κ2) is 1.63. The van der Waals surface area contributed by atoms with Gasteiger partial charge in [-0.15, -0.1) is 0 Å². The number of rotatable bonds is 0. The molecule has 1 fully saturated rings. The summed E-state index contributed by atoms with van der Waals surface area (Å²) in [6.07, 6.45) is 6.80. The Balaban J connectivity index is 2.33. The number of hydrogen-bond donors (Lipinski definition) is 0. The van der Waals surface area contributed by atoms with Crippen LogP contribution in [0.5, 0.6) is 0 Å². The number of hydrogen-bond acceptors (Lipinski definition) is 1. The van der Waals surface area contributed by atoms with Crippen molar-refractivity contribution in [2.24, 2.45) is 17.3 Å². The molecular weight excluding hydrogens is 122 g/mol. The van der Waals surface area contributed by atoms with Crippen LogP contribution in [0.3, 0.4) is 0 Å². The van der Waals surface area contributed by atoms with Crippen molar-refractivity contribution in [3.05, 3.63) is 12.2 Å². The summed E-state index contributed by atoms with van der Waals surface area (Å²) < 4.78 is 0. The average Bonchev–Trinajstić information content (AvgIpc) is 2.46. The maximum Gasteiger partial charge on any atom is 0.0693 e. The highest BCUT2D eigenvalue weighted by atomic mass is 14.5. The molecule has 1 nitrogen and oxygen atoms in total. The van der Waals surface area contributed by atoms with Crippen molar-refractivity contribution in [1.29, 1.82) is 5.26 Å². The fraction of sp³-hybridized carbons (Fsp3) is 0.667. The molecule has 0 saturated heterocycles. The van der Waals surface area contributed by atoms with Gasteiger partial charge >= 0.3 is 0 Å². The van der Waals surface area contributed by atoms with Crippen LogP contribution in [0.15, 0.2) is 12.2 Å². The lowest BCUT2D eigenvalue weighted by molar-refractivity contribution is 0.367. The first-order chi connectivity index (χ1) is 4.74. The quantitative estimate of drug-likeness (QED) is 0.464. The normalized spacial score (nSPS) is 49.6. The summed E-state index contributed by atoms with van der Waals surface area (Å²) in [5, 5.41) is 8.86. The monoisotopic (exact) mass is 133 g/mol. The summed E-state index contributed by atoms with van der Waals surface area (Å²) >= 11 is 0. The van der Waals surface area contributed by atoms with Crippen LogP contribution < -0.4 is 0 Å². The van der Waals surface area contributed by atoms with Gasteiger partial charge in [-0.05, 0) is 31.6 Å². The second-order valence-electron chi connectivity index (χ2n) is 3.72. The second-order valence-corrected chi connectivity index (χ2v) is 3.72. The van der Waals surface area contributed by atoms with Gasteiger partial charge < -0.3 is 0 Å². The average molecular weight is 133 g/mol. The van der Waals surface area contributed by atoms with Gasteiger partial charge in [0, 0.05) is 0 Å². The Hall–Kier alpha value is -0.770. The van der Waals surface area contributed by atoms with E-state index < -0.39 is 0 Å². The molecule has 0 amide bonds. The lowest BCUT2D eigenvalue weighted by Crippen LogP contribution is -2.18. The Morgan fingerprint density at radius 1 is 1.60 bits per heavy atom. The van der Waals surface area contributed by atoms with E-state index in [1.165, 1.54) is 6.42 Å². The first kappa shape index (κ1) is 5.97.